The molecular weight excluding hydrogens is 259 g/mol. The summed E-state index contributed by atoms with van der Waals surface area (Å²) in [5.41, 5.74) is 0.668. The number of likely N-dealkylation sites (N-methyl/N-ethyl adjacent to an activating group) is 1. The summed E-state index contributed by atoms with van der Waals surface area (Å²) in [4.78, 5) is 6.56. The van der Waals surface area contributed by atoms with E-state index >= 15 is 0 Å². The van der Waals surface area contributed by atoms with Crippen molar-refractivity contribution < 1.29 is 4.74 Å². The SMILES string of the molecule is CN(CCOc1ccc(Cl)c(CCl)n1)C1CC1. The maximum absolute atomic E-state index is 5.92. The fourth-order valence-electron chi connectivity index (χ4n) is 1.63. The molecule has 1 aromatic rings. The highest BCUT2D eigenvalue weighted by Gasteiger charge is 2.25. The van der Waals surface area contributed by atoms with Gasteiger partial charge < -0.3 is 9.64 Å². The molecule has 3 nitrogen and oxygen atoms in total. The summed E-state index contributed by atoms with van der Waals surface area (Å²) >= 11 is 11.6. The van der Waals surface area contributed by atoms with Crippen LogP contribution < -0.4 is 4.74 Å². The molecule has 17 heavy (non-hydrogen) atoms. The van der Waals surface area contributed by atoms with E-state index in [4.69, 9.17) is 27.9 Å². The summed E-state index contributed by atoms with van der Waals surface area (Å²) in [6, 6.07) is 4.30. The lowest BCUT2D eigenvalue weighted by Gasteiger charge is -2.15. The Kier molecular flexibility index (Phi) is 4.48. The highest BCUT2D eigenvalue weighted by Crippen LogP contribution is 2.25. The van der Waals surface area contributed by atoms with E-state index < -0.39 is 0 Å². The van der Waals surface area contributed by atoms with E-state index in [2.05, 4.69) is 16.9 Å². The lowest BCUT2D eigenvalue weighted by Crippen LogP contribution is -2.26. The van der Waals surface area contributed by atoms with E-state index in [-0.39, 0.29) is 0 Å². The maximum atomic E-state index is 5.92. The summed E-state index contributed by atoms with van der Waals surface area (Å²) in [5.74, 6) is 0.895. The summed E-state index contributed by atoms with van der Waals surface area (Å²) in [5, 5.41) is 0.586. The fourth-order valence-corrected chi connectivity index (χ4v) is 2.07. The second-order valence-electron chi connectivity index (χ2n) is 4.27. The molecule has 94 valence electrons. The molecule has 0 aromatic carbocycles. The van der Waals surface area contributed by atoms with Gasteiger partial charge in [0.15, 0.2) is 0 Å². The third-order valence-corrected chi connectivity index (χ3v) is 3.48. The van der Waals surface area contributed by atoms with E-state index in [0.717, 1.165) is 12.6 Å². The Morgan fingerprint density at radius 3 is 2.88 bits per heavy atom. The number of hydrogen-bond acceptors (Lipinski definition) is 3. The molecule has 0 N–H and O–H groups in total. The average Bonchev–Trinajstić information content (AvgIpc) is 3.15. The van der Waals surface area contributed by atoms with Crippen LogP contribution in [0.4, 0.5) is 0 Å². The maximum Gasteiger partial charge on any atom is 0.213 e. The van der Waals surface area contributed by atoms with Gasteiger partial charge in [-0.2, -0.15) is 0 Å². The second kappa shape index (κ2) is 5.89. The van der Waals surface area contributed by atoms with Gasteiger partial charge >= 0.3 is 0 Å². The molecule has 2 rings (SSSR count). The van der Waals surface area contributed by atoms with Gasteiger partial charge in [0.2, 0.25) is 5.88 Å². The minimum Gasteiger partial charge on any atom is -0.476 e. The minimum atomic E-state index is 0.304. The number of nitrogens with zero attached hydrogens (tertiary/aromatic N) is 2. The van der Waals surface area contributed by atoms with Crippen LogP contribution in [0.25, 0.3) is 0 Å². The van der Waals surface area contributed by atoms with Crippen molar-refractivity contribution in [2.24, 2.45) is 0 Å². The van der Waals surface area contributed by atoms with E-state index in [9.17, 15) is 0 Å². The zero-order valence-electron chi connectivity index (χ0n) is 9.83. The van der Waals surface area contributed by atoms with Gasteiger partial charge in [-0.1, -0.05) is 11.6 Å². The van der Waals surface area contributed by atoms with Gasteiger partial charge in [-0.15, -0.1) is 11.6 Å². The van der Waals surface area contributed by atoms with Gasteiger partial charge in [0.05, 0.1) is 16.6 Å². The van der Waals surface area contributed by atoms with Gasteiger partial charge in [0, 0.05) is 18.7 Å². The van der Waals surface area contributed by atoms with Crippen LogP contribution in [0, 0.1) is 0 Å². The number of ether oxygens (including phenoxy) is 1. The van der Waals surface area contributed by atoms with Gasteiger partial charge in [-0.3, -0.25) is 0 Å². The van der Waals surface area contributed by atoms with Crippen LogP contribution in [0.15, 0.2) is 12.1 Å². The normalized spacial score (nSPS) is 15.3. The van der Waals surface area contributed by atoms with Crippen molar-refractivity contribution in [3.05, 3.63) is 22.8 Å². The first-order chi connectivity index (χ1) is 8.20. The first-order valence-electron chi connectivity index (χ1n) is 5.75. The van der Waals surface area contributed by atoms with E-state index in [1.54, 1.807) is 12.1 Å². The monoisotopic (exact) mass is 274 g/mol. The molecule has 1 aliphatic carbocycles. The van der Waals surface area contributed by atoms with E-state index in [1.807, 2.05) is 0 Å². The Hall–Kier alpha value is -0.510. The molecule has 0 saturated heterocycles. The first kappa shape index (κ1) is 12.9. The Bertz CT molecular complexity index is 383. The standard InChI is InChI=1S/C12H16Cl2N2O/c1-16(9-2-3-9)6-7-17-12-5-4-10(14)11(8-13)15-12/h4-5,9H,2-3,6-8H2,1H3. The Morgan fingerprint density at radius 2 is 2.24 bits per heavy atom. The van der Waals surface area contributed by atoms with Crippen molar-refractivity contribution in [3.8, 4) is 5.88 Å². The van der Waals surface area contributed by atoms with Crippen molar-refractivity contribution in [2.45, 2.75) is 24.8 Å². The summed E-state index contributed by atoms with van der Waals surface area (Å²) in [6.07, 6.45) is 2.62. The third kappa shape index (κ3) is 3.73. The van der Waals surface area contributed by atoms with E-state index in [0.29, 0.717) is 29.1 Å². The van der Waals surface area contributed by atoms with Crippen molar-refractivity contribution in [1.29, 1.82) is 0 Å². The van der Waals surface area contributed by atoms with Crippen LogP contribution in [0.2, 0.25) is 5.02 Å². The molecule has 0 bridgehead atoms. The number of aromatic nitrogens is 1. The van der Waals surface area contributed by atoms with Crippen LogP contribution in [0.1, 0.15) is 18.5 Å². The predicted octanol–water partition coefficient (Wildman–Crippen LogP) is 2.95. The molecule has 0 aliphatic heterocycles. The smallest absolute Gasteiger partial charge is 0.213 e. The Balaban J connectivity index is 1.81. The highest BCUT2D eigenvalue weighted by atomic mass is 35.5. The van der Waals surface area contributed by atoms with Crippen LogP contribution >= 0.6 is 23.2 Å². The molecule has 0 unspecified atom stereocenters. The van der Waals surface area contributed by atoms with Crippen molar-refractivity contribution in [1.82, 2.24) is 9.88 Å². The molecule has 1 aromatic heterocycles. The van der Waals surface area contributed by atoms with Crippen LogP contribution in [-0.4, -0.2) is 36.1 Å². The predicted molar refractivity (Wildman–Crippen MR) is 70.0 cm³/mol. The molecular formula is C12H16Cl2N2O. The molecule has 0 atom stereocenters. The number of alkyl halides is 1. The summed E-state index contributed by atoms with van der Waals surface area (Å²) in [6.45, 7) is 1.56. The van der Waals surface area contributed by atoms with Crippen molar-refractivity contribution in [2.75, 3.05) is 20.2 Å². The number of halogens is 2. The van der Waals surface area contributed by atoms with Gasteiger partial charge in [-0.25, -0.2) is 4.98 Å². The summed E-state index contributed by atoms with van der Waals surface area (Å²) < 4.78 is 5.58. The minimum absolute atomic E-state index is 0.304. The first-order valence-corrected chi connectivity index (χ1v) is 6.66. The zero-order valence-corrected chi connectivity index (χ0v) is 11.3. The highest BCUT2D eigenvalue weighted by molar-refractivity contribution is 6.32. The van der Waals surface area contributed by atoms with Crippen LogP contribution in [-0.2, 0) is 5.88 Å². The largest absolute Gasteiger partial charge is 0.476 e. The fraction of sp³-hybridized carbons (Fsp3) is 0.583. The molecule has 5 heteroatoms. The second-order valence-corrected chi connectivity index (χ2v) is 4.95. The lowest BCUT2D eigenvalue weighted by molar-refractivity contribution is 0.226. The molecule has 1 heterocycles. The van der Waals surface area contributed by atoms with Gasteiger partial charge in [0.1, 0.15) is 6.61 Å². The third-order valence-electron chi connectivity index (χ3n) is 2.88. The van der Waals surface area contributed by atoms with Gasteiger partial charge in [-0.05, 0) is 26.0 Å². The van der Waals surface area contributed by atoms with Crippen molar-refractivity contribution in [3.63, 3.8) is 0 Å². The Morgan fingerprint density at radius 1 is 1.47 bits per heavy atom. The average molecular weight is 275 g/mol. The molecule has 0 radical (unpaired) electrons. The molecule has 0 amide bonds. The zero-order chi connectivity index (χ0) is 12.3. The van der Waals surface area contributed by atoms with Crippen LogP contribution in [0.3, 0.4) is 0 Å². The number of pyridine rings is 1. The topological polar surface area (TPSA) is 25.4 Å². The lowest BCUT2D eigenvalue weighted by atomic mass is 10.4. The molecule has 0 spiro atoms. The van der Waals surface area contributed by atoms with E-state index in [1.165, 1.54) is 12.8 Å². The number of hydrogen-bond donors (Lipinski definition) is 0. The molecule has 1 fully saturated rings. The van der Waals surface area contributed by atoms with Gasteiger partial charge in [0.25, 0.3) is 0 Å². The van der Waals surface area contributed by atoms with Crippen molar-refractivity contribution >= 4 is 23.2 Å². The summed E-state index contributed by atoms with van der Waals surface area (Å²) in [7, 11) is 2.13. The molecule has 1 aliphatic rings. The number of rotatable bonds is 6. The quantitative estimate of drug-likeness (QED) is 0.746. The Labute approximate surface area is 112 Å². The molecule has 1 saturated carbocycles. The van der Waals surface area contributed by atoms with Crippen LogP contribution in [0.5, 0.6) is 5.88 Å².